The van der Waals surface area contributed by atoms with Gasteiger partial charge in [-0.3, -0.25) is 4.68 Å². The zero-order valence-electron chi connectivity index (χ0n) is 11.3. The first-order valence-corrected chi connectivity index (χ1v) is 7.61. The van der Waals surface area contributed by atoms with Gasteiger partial charge >= 0.3 is 0 Å². The van der Waals surface area contributed by atoms with Crippen molar-refractivity contribution in [3.05, 3.63) is 46.0 Å². The SMILES string of the molecule is Cc1nn(C)cc1Cn1c(CCl)nc2cc(Br)ccc21. The zero-order valence-corrected chi connectivity index (χ0v) is 13.6. The number of halogens is 2. The lowest BCUT2D eigenvalue weighted by Crippen LogP contribution is -2.04. The Morgan fingerprint density at radius 3 is 2.80 bits per heavy atom. The molecule has 6 heteroatoms. The average molecular weight is 354 g/mol. The fourth-order valence-corrected chi connectivity index (χ4v) is 2.96. The Labute approximate surface area is 130 Å². The summed E-state index contributed by atoms with van der Waals surface area (Å²) in [7, 11) is 1.93. The van der Waals surface area contributed by atoms with Crippen LogP contribution in [-0.2, 0) is 19.5 Å². The smallest absolute Gasteiger partial charge is 0.125 e. The molecule has 0 amide bonds. The van der Waals surface area contributed by atoms with E-state index in [1.165, 1.54) is 5.56 Å². The van der Waals surface area contributed by atoms with E-state index in [1.807, 2.05) is 37.0 Å². The van der Waals surface area contributed by atoms with Crippen LogP contribution in [0.25, 0.3) is 11.0 Å². The van der Waals surface area contributed by atoms with Gasteiger partial charge in [-0.05, 0) is 25.1 Å². The summed E-state index contributed by atoms with van der Waals surface area (Å²) in [6, 6.07) is 6.10. The number of alkyl halides is 1. The average Bonchev–Trinajstić information content (AvgIpc) is 2.90. The molecule has 20 heavy (non-hydrogen) atoms. The fraction of sp³-hybridized carbons (Fsp3) is 0.286. The molecule has 4 nitrogen and oxygen atoms in total. The number of aromatic nitrogens is 4. The third kappa shape index (κ3) is 2.36. The van der Waals surface area contributed by atoms with E-state index in [9.17, 15) is 0 Å². The normalized spacial score (nSPS) is 11.4. The van der Waals surface area contributed by atoms with Crippen LogP contribution in [0.4, 0.5) is 0 Å². The number of fused-ring (bicyclic) bond motifs is 1. The molecular formula is C14H14BrClN4. The first-order chi connectivity index (χ1) is 9.58. The second-order valence-electron chi connectivity index (χ2n) is 4.79. The van der Waals surface area contributed by atoms with Crippen molar-refractivity contribution in [1.29, 1.82) is 0 Å². The van der Waals surface area contributed by atoms with Crippen molar-refractivity contribution >= 4 is 38.6 Å². The summed E-state index contributed by atoms with van der Waals surface area (Å²) in [6.07, 6.45) is 2.04. The molecule has 3 rings (SSSR count). The molecule has 0 unspecified atom stereocenters. The third-order valence-electron chi connectivity index (χ3n) is 3.35. The molecule has 0 N–H and O–H groups in total. The Morgan fingerprint density at radius 1 is 1.35 bits per heavy atom. The molecule has 0 fully saturated rings. The largest absolute Gasteiger partial charge is 0.322 e. The Kier molecular flexibility index (Phi) is 3.56. The van der Waals surface area contributed by atoms with Crippen LogP contribution >= 0.6 is 27.5 Å². The van der Waals surface area contributed by atoms with Gasteiger partial charge in [-0.2, -0.15) is 5.10 Å². The van der Waals surface area contributed by atoms with Crippen LogP contribution in [0.1, 0.15) is 17.1 Å². The molecule has 0 radical (unpaired) electrons. The minimum atomic E-state index is 0.394. The van der Waals surface area contributed by atoms with Gasteiger partial charge in [0.05, 0.1) is 29.2 Å². The second kappa shape index (κ2) is 5.22. The Bertz CT molecular complexity index is 775. The molecule has 2 aromatic heterocycles. The van der Waals surface area contributed by atoms with Crippen LogP contribution in [0.5, 0.6) is 0 Å². The molecule has 0 saturated carbocycles. The maximum Gasteiger partial charge on any atom is 0.125 e. The van der Waals surface area contributed by atoms with Crippen LogP contribution in [0.3, 0.4) is 0 Å². The number of hydrogen-bond acceptors (Lipinski definition) is 2. The molecule has 0 spiro atoms. The van der Waals surface area contributed by atoms with Crippen molar-refractivity contribution in [2.75, 3.05) is 0 Å². The number of benzene rings is 1. The third-order valence-corrected chi connectivity index (χ3v) is 4.08. The summed E-state index contributed by atoms with van der Waals surface area (Å²) in [5.74, 6) is 1.27. The molecule has 2 heterocycles. The molecule has 104 valence electrons. The van der Waals surface area contributed by atoms with E-state index >= 15 is 0 Å². The summed E-state index contributed by atoms with van der Waals surface area (Å²) < 4.78 is 5.01. The quantitative estimate of drug-likeness (QED) is 0.674. The van der Waals surface area contributed by atoms with Crippen molar-refractivity contribution in [3.63, 3.8) is 0 Å². The molecule has 0 atom stereocenters. The molecule has 0 aliphatic carbocycles. The molecule has 0 saturated heterocycles. The minimum absolute atomic E-state index is 0.394. The molecule has 0 aliphatic rings. The van der Waals surface area contributed by atoms with Crippen molar-refractivity contribution in [2.24, 2.45) is 7.05 Å². The Morgan fingerprint density at radius 2 is 2.15 bits per heavy atom. The summed E-state index contributed by atoms with van der Waals surface area (Å²) in [4.78, 5) is 4.60. The van der Waals surface area contributed by atoms with Crippen molar-refractivity contribution in [2.45, 2.75) is 19.3 Å². The lowest BCUT2D eigenvalue weighted by molar-refractivity contribution is 0.754. The van der Waals surface area contributed by atoms with Crippen LogP contribution in [0.15, 0.2) is 28.9 Å². The summed E-state index contributed by atoms with van der Waals surface area (Å²) in [5.41, 5.74) is 4.26. The van der Waals surface area contributed by atoms with Crippen LogP contribution in [0, 0.1) is 6.92 Å². The Hall–Kier alpha value is -1.33. The molecule has 0 bridgehead atoms. The van der Waals surface area contributed by atoms with Crippen molar-refractivity contribution in [1.82, 2.24) is 19.3 Å². The molecule has 0 aliphatic heterocycles. The molecule has 3 aromatic rings. The minimum Gasteiger partial charge on any atom is -0.322 e. The zero-order chi connectivity index (χ0) is 14.3. The second-order valence-corrected chi connectivity index (χ2v) is 5.98. The van der Waals surface area contributed by atoms with Gasteiger partial charge in [-0.15, -0.1) is 11.6 Å². The van der Waals surface area contributed by atoms with E-state index in [-0.39, 0.29) is 0 Å². The summed E-state index contributed by atoms with van der Waals surface area (Å²) in [5, 5.41) is 4.38. The monoisotopic (exact) mass is 352 g/mol. The number of aryl methyl sites for hydroxylation is 2. The number of imidazole rings is 1. The van der Waals surface area contributed by atoms with Gasteiger partial charge in [-0.25, -0.2) is 4.98 Å². The highest BCUT2D eigenvalue weighted by Gasteiger charge is 2.13. The number of rotatable bonds is 3. The molecular weight excluding hydrogens is 340 g/mol. The van der Waals surface area contributed by atoms with Crippen molar-refractivity contribution in [3.8, 4) is 0 Å². The van der Waals surface area contributed by atoms with Gasteiger partial charge in [-0.1, -0.05) is 15.9 Å². The van der Waals surface area contributed by atoms with Gasteiger partial charge in [0.25, 0.3) is 0 Å². The van der Waals surface area contributed by atoms with Gasteiger partial charge < -0.3 is 4.57 Å². The van der Waals surface area contributed by atoms with Gasteiger partial charge in [0, 0.05) is 23.3 Å². The van der Waals surface area contributed by atoms with E-state index in [0.717, 1.165) is 33.6 Å². The van der Waals surface area contributed by atoms with Gasteiger partial charge in [0.1, 0.15) is 5.82 Å². The summed E-state index contributed by atoms with van der Waals surface area (Å²) in [6.45, 7) is 2.76. The fourth-order valence-electron chi connectivity index (χ4n) is 2.41. The topological polar surface area (TPSA) is 35.6 Å². The highest BCUT2D eigenvalue weighted by Crippen LogP contribution is 2.23. The van der Waals surface area contributed by atoms with E-state index in [1.54, 1.807) is 0 Å². The molecule has 1 aromatic carbocycles. The highest BCUT2D eigenvalue weighted by atomic mass is 79.9. The standard InChI is InChI=1S/C14H14BrClN4/c1-9-10(7-19(2)18-9)8-20-13-4-3-11(15)5-12(13)17-14(20)6-16/h3-5,7H,6,8H2,1-2H3. The van der Waals surface area contributed by atoms with E-state index < -0.39 is 0 Å². The first kappa shape index (κ1) is 13.6. The van der Waals surface area contributed by atoms with Gasteiger partial charge in [0.15, 0.2) is 0 Å². The van der Waals surface area contributed by atoms with E-state index in [4.69, 9.17) is 11.6 Å². The Balaban J connectivity index is 2.12. The van der Waals surface area contributed by atoms with E-state index in [2.05, 4.69) is 36.6 Å². The van der Waals surface area contributed by atoms with Crippen molar-refractivity contribution < 1.29 is 0 Å². The van der Waals surface area contributed by atoms with Crippen LogP contribution in [-0.4, -0.2) is 19.3 Å². The maximum absolute atomic E-state index is 6.04. The van der Waals surface area contributed by atoms with E-state index in [0.29, 0.717) is 5.88 Å². The number of nitrogens with zero attached hydrogens (tertiary/aromatic N) is 4. The highest BCUT2D eigenvalue weighted by molar-refractivity contribution is 9.10. The van der Waals surface area contributed by atoms with Crippen LogP contribution in [0.2, 0.25) is 0 Å². The van der Waals surface area contributed by atoms with Crippen LogP contribution < -0.4 is 0 Å². The van der Waals surface area contributed by atoms with Gasteiger partial charge in [0.2, 0.25) is 0 Å². The lowest BCUT2D eigenvalue weighted by atomic mass is 10.2. The maximum atomic E-state index is 6.04. The predicted octanol–water partition coefficient (Wildman–Crippen LogP) is 3.63. The first-order valence-electron chi connectivity index (χ1n) is 6.28. The lowest BCUT2D eigenvalue weighted by Gasteiger charge is -2.06. The predicted molar refractivity (Wildman–Crippen MR) is 84.0 cm³/mol. The summed E-state index contributed by atoms with van der Waals surface area (Å²) >= 11 is 9.51. The number of hydrogen-bond donors (Lipinski definition) is 0.